The first-order valence-electron chi connectivity index (χ1n) is 10.6. The molecule has 5 nitrogen and oxygen atoms in total. The topological polar surface area (TPSA) is 51.4 Å². The van der Waals surface area contributed by atoms with E-state index in [1.54, 1.807) is 0 Å². The van der Waals surface area contributed by atoms with E-state index in [4.69, 9.17) is 8.84 Å². The summed E-state index contributed by atoms with van der Waals surface area (Å²) in [7, 11) is -1.77. The third-order valence-electron chi connectivity index (χ3n) is 6.40. The summed E-state index contributed by atoms with van der Waals surface area (Å²) in [5.74, 6) is 1.24. The Morgan fingerprint density at radius 2 is 2.00 bits per heavy atom. The fourth-order valence-corrected chi connectivity index (χ4v) is 4.61. The molecule has 0 spiro atoms. The molecule has 2 aromatic rings. The number of hydrogen-bond donors (Lipinski definition) is 0. The van der Waals surface area contributed by atoms with Crippen LogP contribution in [0.3, 0.4) is 0 Å². The number of benzene rings is 1. The van der Waals surface area contributed by atoms with Gasteiger partial charge in [-0.2, -0.15) is 0 Å². The summed E-state index contributed by atoms with van der Waals surface area (Å²) in [6, 6.07) is 10.4. The number of likely N-dealkylation sites (tertiary alicyclic amines) is 1. The minimum absolute atomic E-state index is 0.0491. The van der Waals surface area contributed by atoms with Gasteiger partial charge in [0.2, 0.25) is 11.8 Å². The van der Waals surface area contributed by atoms with E-state index in [0.717, 1.165) is 31.6 Å². The number of rotatable bonds is 8. The average Bonchev–Trinajstić information content (AvgIpc) is 3.34. The molecule has 0 bridgehead atoms. The van der Waals surface area contributed by atoms with E-state index in [1.165, 1.54) is 6.42 Å². The van der Waals surface area contributed by atoms with Crippen LogP contribution in [-0.2, 0) is 4.43 Å². The summed E-state index contributed by atoms with van der Waals surface area (Å²) in [6.45, 7) is 17.2. The fraction of sp³-hybridized carbons (Fsp3) is 0.565. The van der Waals surface area contributed by atoms with Crippen molar-refractivity contribution in [3.63, 3.8) is 0 Å². The van der Waals surface area contributed by atoms with E-state index in [1.807, 2.05) is 36.4 Å². The zero-order valence-electron chi connectivity index (χ0n) is 18.5. The van der Waals surface area contributed by atoms with Crippen LogP contribution in [0.4, 0.5) is 0 Å². The van der Waals surface area contributed by atoms with E-state index in [2.05, 4.69) is 55.5 Å². The zero-order valence-corrected chi connectivity index (χ0v) is 19.5. The lowest BCUT2D eigenvalue weighted by molar-refractivity contribution is 0.109. The largest absolute Gasteiger partial charge is 0.419 e. The molecule has 1 aromatic heterocycles. The van der Waals surface area contributed by atoms with Gasteiger partial charge < -0.3 is 8.84 Å². The maximum Gasteiger partial charge on any atom is 0.247 e. The van der Waals surface area contributed by atoms with Crippen molar-refractivity contribution in [2.24, 2.45) is 0 Å². The second kappa shape index (κ2) is 8.94. The molecule has 0 N–H and O–H groups in total. The summed E-state index contributed by atoms with van der Waals surface area (Å²) >= 11 is 0. The van der Waals surface area contributed by atoms with Crippen molar-refractivity contribution in [2.45, 2.75) is 70.2 Å². The minimum atomic E-state index is -1.77. The molecule has 1 aliphatic rings. The van der Waals surface area contributed by atoms with Gasteiger partial charge in [-0.05, 0) is 56.1 Å². The fourth-order valence-electron chi connectivity index (χ4n) is 3.57. The van der Waals surface area contributed by atoms with Crippen molar-refractivity contribution in [3.8, 4) is 11.5 Å². The van der Waals surface area contributed by atoms with Crippen LogP contribution in [-0.4, -0.2) is 42.6 Å². The summed E-state index contributed by atoms with van der Waals surface area (Å²) in [5.41, 5.74) is 0.947. The monoisotopic (exact) mass is 413 g/mol. The number of aromatic nitrogens is 2. The van der Waals surface area contributed by atoms with Crippen LogP contribution in [0, 0.1) is 0 Å². The Balaban J connectivity index is 1.76. The van der Waals surface area contributed by atoms with E-state index in [0.29, 0.717) is 17.8 Å². The highest BCUT2D eigenvalue weighted by atomic mass is 28.4. The molecule has 0 aliphatic carbocycles. The van der Waals surface area contributed by atoms with E-state index in [9.17, 15) is 0 Å². The maximum atomic E-state index is 6.55. The van der Waals surface area contributed by atoms with E-state index < -0.39 is 8.32 Å². The number of nitrogens with zero attached hydrogens (tertiary/aromatic N) is 3. The SMILES string of the molecule is C=CC[C@H](c1nnc(-c2ccccc2)o1)N1CCC[C@H]1CO[Si](C)(C)C(C)(C)C. The van der Waals surface area contributed by atoms with Crippen molar-refractivity contribution < 1.29 is 8.84 Å². The van der Waals surface area contributed by atoms with Gasteiger partial charge in [-0.25, -0.2) is 0 Å². The molecule has 1 saturated heterocycles. The normalized spacial score (nSPS) is 19.4. The standard InChI is InChI=1S/C23H35N3O2Si/c1-7-12-20(22-25-24-21(28-22)18-13-9-8-10-14-18)26-16-11-15-19(26)17-27-29(5,6)23(2,3)4/h7-10,13-14,19-20H,1,11-12,15-17H2,2-6H3/t19-,20+/m0/s1. The van der Waals surface area contributed by atoms with E-state index in [-0.39, 0.29) is 11.1 Å². The molecular formula is C23H35N3O2Si. The zero-order chi connectivity index (χ0) is 21.1. The lowest BCUT2D eigenvalue weighted by atomic mass is 10.1. The summed E-state index contributed by atoms with van der Waals surface area (Å²) in [6.07, 6.45) is 5.04. The highest BCUT2D eigenvalue weighted by Gasteiger charge is 2.40. The second-order valence-electron chi connectivity index (χ2n) is 9.46. The molecule has 0 saturated carbocycles. The predicted octanol–water partition coefficient (Wildman–Crippen LogP) is 5.84. The van der Waals surface area contributed by atoms with Gasteiger partial charge in [0.25, 0.3) is 0 Å². The van der Waals surface area contributed by atoms with Gasteiger partial charge in [0, 0.05) is 18.2 Å². The van der Waals surface area contributed by atoms with Crippen LogP contribution in [0.1, 0.15) is 52.0 Å². The second-order valence-corrected chi connectivity index (χ2v) is 14.3. The van der Waals surface area contributed by atoms with Gasteiger partial charge in [0.15, 0.2) is 8.32 Å². The molecule has 2 heterocycles. The Kier molecular flexibility index (Phi) is 6.76. The van der Waals surface area contributed by atoms with Gasteiger partial charge in [-0.1, -0.05) is 45.0 Å². The smallest absolute Gasteiger partial charge is 0.247 e. The molecular weight excluding hydrogens is 378 g/mol. The molecule has 29 heavy (non-hydrogen) atoms. The minimum Gasteiger partial charge on any atom is -0.419 e. The highest BCUT2D eigenvalue weighted by Crippen LogP contribution is 2.38. The van der Waals surface area contributed by atoms with Crippen molar-refractivity contribution in [1.82, 2.24) is 15.1 Å². The van der Waals surface area contributed by atoms with Crippen molar-refractivity contribution >= 4 is 8.32 Å². The van der Waals surface area contributed by atoms with Crippen LogP contribution >= 0.6 is 0 Å². The lowest BCUT2D eigenvalue weighted by Crippen LogP contribution is -2.45. The van der Waals surface area contributed by atoms with Gasteiger partial charge in [0.1, 0.15) is 0 Å². The molecule has 0 unspecified atom stereocenters. The molecule has 158 valence electrons. The van der Waals surface area contributed by atoms with E-state index >= 15 is 0 Å². The molecule has 3 rings (SSSR count). The predicted molar refractivity (Wildman–Crippen MR) is 120 cm³/mol. The highest BCUT2D eigenvalue weighted by molar-refractivity contribution is 6.74. The van der Waals surface area contributed by atoms with Crippen molar-refractivity contribution in [1.29, 1.82) is 0 Å². The van der Waals surface area contributed by atoms with Gasteiger partial charge in [0.05, 0.1) is 6.04 Å². The Hall–Kier alpha value is -1.76. The lowest BCUT2D eigenvalue weighted by Gasteiger charge is -2.38. The first-order valence-corrected chi connectivity index (χ1v) is 13.5. The Labute approximate surface area is 176 Å². The van der Waals surface area contributed by atoms with Gasteiger partial charge >= 0.3 is 0 Å². The summed E-state index contributed by atoms with van der Waals surface area (Å²) < 4.78 is 12.7. The Morgan fingerprint density at radius 3 is 2.66 bits per heavy atom. The van der Waals surface area contributed by atoms with Crippen molar-refractivity contribution in [2.75, 3.05) is 13.2 Å². The molecule has 0 radical (unpaired) electrons. The van der Waals surface area contributed by atoms with Crippen molar-refractivity contribution in [3.05, 3.63) is 48.9 Å². The first-order chi connectivity index (χ1) is 13.7. The third-order valence-corrected chi connectivity index (χ3v) is 10.9. The Morgan fingerprint density at radius 1 is 1.28 bits per heavy atom. The van der Waals surface area contributed by atoms with Crippen LogP contribution in [0.25, 0.3) is 11.5 Å². The maximum absolute atomic E-state index is 6.55. The number of hydrogen-bond acceptors (Lipinski definition) is 5. The first kappa shape index (κ1) is 21.9. The summed E-state index contributed by atoms with van der Waals surface area (Å²) in [5, 5.41) is 8.92. The molecule has 6 heteroatoms. The summed E-state index contributed by atoms with van der Waals surface area (Å²) in [4.78, 5) is 2.48. The van der Waals surface area contributed by atoms with Crippen LogP contribution in [0.15, 0.2) is 47.4 Å². The molecule has 2 atom stereocenters. The van der Waals surface area contributed by atoms with Gasteiger partial charge in [-0.3, -0.25) is 4.90 Å². The molecule has 1 fully saturated rings. The quantitative estimate of drug-likeness (QED) is 0.402. The van der Waals surface area contributed by atoms with Crippen LogP contribution in [0.2, 0.25) is 18.1 Å². The molecule has 1 aromatic carbocycles. The average molecular weight is 414 g/mol. The van der Waals surface area contributed by atoms with Crippen LogP contribution in [0.5, 0.6) is 0 Å². The van der Waals surface area contributed by atoms with Crippen LogP contribution < -0.4 is 0 Å². The molecule has 0 amide bonds. The van der Waals surface area contributed by atoms with Gasteiger partial charge in [-0.15, -0.1) is 16.8 Å². The third kappa shape index (κ3) is 5.05. The Bertz CT molecular complexity index is 798. The molecule has 1 aliphatic heterocycles.